The first kappa shape index (κ1) is 17.3. The third kappa shape index (κ3) is 4.53. The number of carbonyl (C=O) groups excluding carboxylic acids is 1. The Morgan fingerprint density at radius 1 is 1.04 bits per heavy atom. The van der Waals surface area contributed by atoms with Gasteiger partial charge in [0, 0.05) is 30.2 Å². The molecular formula is C21H27N3O. The van der Waals surface area contributed by atoms with E-state index in [9.17, 15) is 4.79 Å². The monoisotopic (exact) mass is 337 g/mol. The molecule has 1 fully saturated rings. The minimum atomic E-state index is -0.0347. The summed E-state index contributed by atoms with van der Waals surface area (Å²) in [6.45, 7) is 6.83. The molecule has 0 atom stereocenters. The molecule has 1 aliphatic rings. The van der Waals surface area contributed by atoms with Crippen LogP contribution in [0.2, 0.25) is 0 Å². The average Bonchev–Trinajstić information content (AvgIpc) is 3.15. The second-order valence-electron chi connectivity index (χ2n) is 6.88. The fourth-order valence-electron chi connectivity index (χ4n) is 3.27. The largest absolute Gasteiger partial charge is 0.376 e. The SMILES string of the molecule is CC(C)c1ccccc1NCC(=O)Nc1ccc(N2CCCC2)cc1. The van der Waals surface area contributed by atoms with Crippen LogP contribution in [-0.2, 0) is 4.79 Å². The molecule has 2 aromatic rings. The Kier molecular flexibility index (Phi) is 5.59. The molecule has 0 spiro atoms. The van der Waals surface area contributed by atoms with E-state index in [0.717, 1.165) is 24.5 Å². The summed E-state index contributed by atoms with van der Waals surface area (Å²) in [7, 11) is 0. The van der Waals surface area contributed by atoms with Gasteiger partial charge in [-0.25, -0.2) is 0 Å². The van der Waals surface area contributed by atoms with Crippen LogP contribution in [0, 0.1) is 0 Å². The van der Waals surface area contributed by atoms with Crippen molar-refractivity contribution < 1.29 is 4.79 Å². The first-order valence-electron chi connectivity index (χ1n) is 9.11. The lowest BCUT2D eigenvalue weighted by atomic mass is 10.0. The maximum absolute atomic E-state index is 12.2. The molecule has 2 N–H and O–H groups in total. The summed E-state index contributed by atoms with van der Waals surface area (Å²) in [6.07, 6.45) is 2.53. The molecule has 1 aliphatic heterocycles. The highest BCUT2D eigenvalue weighted by molar-refractivity contribution is 5.94. The minimum absolute atomic E-state index is 0.0347. The first-order valence-corrected chi connectivity index (χ1v) is 9.11. The second-order valence-corrected chi connectivity index (χ2v) is 6.88. The third-order valence-corrected chi connectivity index (χ3v) is 4.64. The van der Waals surface area contributed by atoms with E-state index in [1.54, 1.807) is 0 Å². The second kappa shape index (κ2) is 8.06. The van der Waals surface area contributed by atoms with Crippen molar-refractivity contribution in [2.24, 2.45) is 0 Å². The third-order valence-electron chi connectivity index (χ3n) is 4.64. The van der Waals surface area contributed by atoms with Crippen LogP contribution in [-0.4, -0.2) is 25.5 Å². The van der Waals surface area contributed by atoms with Gasteiger partial charge < -0.3 is 15.5 Å². The zero-order valence-corrected chi connectivity index (χ0v) is 15.1. The Balaban J connectivity index is 1.54. The van der Waals surface area contributed by atoms with Gasteiger partial charge in [0.25, 0.3) is 0 Å². The molecule has 1 heterocycles. The zero-order chi connectivity index (χ0) is 17.6. The zero-order valence-electron chi connectivity index (χ0n) is 15.1. The van der Waals surface area contributed by atoms with Crippen LogP contribution in [0.5, 0.6) is 0 Å². The van der Waals surface area contributed by atoms with Crippen molar-refractivity contribution in [2.45, 2.75) is 32.6 Å². The van der Waals surface area contributed by atoms with Gasteiger partial charge in [0.15, 0.2) is 0 Å². The van der Waals surface area contributed by atoms with Gasteiger partial charge in [0.2, 0.25) is 5.91 Å². The lowest BCUT2D eigenvalue weighted by Crippen LogP contribution is -2.22. The molecule has 0 bridgehead atoms. The summed E-state index contributed by atoms with van der Waals surface area (Å²) in [4.78, 5) is 14.6. The summed E-state index contributed by atoms with van der Waals surface area (Å²) < 4.78 is 0. The highest BCUT2D eigenvalue weighted by Crippen LogP contribution is 2.24. The van der Waals surface area contributed by atoms with Gasteiger partial charge in [-0.1, -0.05) is 32.0 Å². The molecule has 1 saturated heterocycles. The molecule has 0 aliphatic carbocycles. The summed E-state index contributed by atoms with van der Waals surface area (Å²) in [5.41, 5.74) is 4.33. The van der Waals surface area contributed by atoms with E-state index >= 15 is 0 Å². The van der Waals surface area contributed by atoms with E-state index in [4.69, 9.17) is 0 Å². The maximum Gasteiger partial charge on any atom is 0.243 e. The lowest BCUT2D eigenvalue weighted by molar-refractivity contribution is -0.114. The fourth-order valence-corrected chi connectivity index (χ4v) is 3.27. The van der Waals surface area contributed by atoms with Gasteiger partial charge in [0.05, 0.1) is 6.54 Å². The van der Waals surface area contributed by atoms with Crippen molar-refractivity contribution in [3.8, 4) is 0 Å². The maximum atomic E-state index is 12.2. The highest BCUT2D eigenvalue weighted by Gasteiger charge is 2.12. The normalized spacial score (nSPS) is 14.0. The molecule has 0 saturated carbocycles. The molecule has 4 heteroatoms. The molecule has 132 valence electrons. The highest BCUT2D eigenvalue weighted by atomic mass is 16.1. The number of para-hydroxylation sites is 1. The molecule has 3 rings (SSSR count). The number of hydrogen-bond acceptors (Lipinski definition) is 3. The molecule has 25 heavy (non-hydrogen) atoms. The van der Waals surface area contributed by atoms with Gasteiger partial charge in [-0.05, 0) is 54.7 Å². The van der Waals surface area contributed by atoms with Gasteiger partial charge in [-0.2, -0.15) is 0 Å². The van der Waals surface area contributed by atoms with Crippen LogP contribution in [0.3, 0.4) is 0 Å². The van der Waals surface area contributed by atoms with Gasteiger partial charge in [-0.15, -0.1) is 0 Å². The molecular weight excluding hydrogens is 310 g/mol. The van der Waals surface area contributed by atoms with Crippen molar-refractivity contribution in [1.29, 1.82) is 0 Å². The number of rotatable bonds is 6. The number of amides is 1. The van der Waals surface area contributed by atoms with Crippen LogP contribution in [0.4, 0.5) is 17.1 Å². The molecule has 1 amide bonds. The number of benzene rings is 2. The molecule has 0 aromatic heterocycles. The van der Waals surface area contributed by atoms with Crippen LogP contribution in [0.25, 0.3) is 0 Å². The minimum Gasteiger partial charge on any atom is -0.376 e. The van der Waals surface area contributed by atoms with Crippen LogP contribution in [0.1, 0.15) is 38.2 Å². The van der Waals surface area contributed by atoms with Crippen molar-refractivity contribution in [1.82, 2.24) is 0 Å². The smallest absolute Gasteiger partial charge is 0.243 e. The lowest BCUT2D eigenvalue weighted by Gasteiger charge is -2.18. The van der Waals surface area contributed by atoms with E-state index in [0.29, 0.717) is 5.92 Å². The molecule has 0 radical (unpaired) electrons. The Labute approximate surface area is 150 Å². The predicted octanol–water partition coefficient (Wildman–Crippen LogP) is 4.46. The van der Waals surface area contributed by atoms with Gasteiger partial charge in [0.1, 0.15) is 0 Å². The Bertz CT molecular complexity index is 703. The summed E-state index contributed by atoms with van der Waals surface area (Å²) in [5.74, 6) is 0.386. The van der Waals surface area contributed by atoms with Crippen LogP contribution < -0.4 is 15.5 Å². The average molecular weight is 337 g/mol. The standard InChI is InChI=1S/C21H27N3O/c1-16(2)19-7-3-4-8-20(19)22-15-21(25)23-17-9-11-18(12-10-17)24-13-5-6-14-24/h3-4,7-12,16,22H,5-6,13-15H2,1-2H3,(H,23,25). The van der Waals surface area contributed by atoms with E-state index in [1.165, 1.54) is 24.1 Å². The predicted molar refractivity (Wildman–Crippen MR) is 106 cm³/mol. The molecule has 0 unspecified atom stereocenters. The van der Waals surface area contributed by atoms with Crippen LogP contribution >= 0.6 is 0 Å². The first-order chi connectivity index (χ1) is 12.1. The topological polar surface area (TPSA) is 44.4 Å². The van der Waals surface area contributed by atoms with Crippen molar-refractivity contribution in [2.75, 3.05) is 35.2 Å². The number of nitrogens with zero attached hydrogens (tertiary/aromatic N) is 1. The van der Waals surface area contributed by atoms with Crippen molar-refractivity contribution >= 4 is 23.0 Å². The van der Waals surface area contributed by atoms with Gasteiger partial charge >= 0.3 is 0 Å². The van der Waals surface area contributed by atoms with Crippen LogP contribution in [0.15, 0.2) is 48.5 Å². The summed E-state index contributed by atoms with van der Waals surface area (Å²) in [5, 5.41) is 6.21. The fraction of sp³-hybridized carbons (Fsp3) is 0.381. The number of carbonyl (C=O) groups is 1. The summed E-state index contributed by atoms with van der Waals surface area (Å²) >= 11 is 0. The van der Waals surface area contributed by atoms with E-state index < -0.39 is 0 Å². The Morgan fingerprint density at radius 3 is 2.40 bits per heavy atom. The number of anilines is 3. The van der Waals surface area contributed by atoms with Crippen molar-refractivity contribution in [3.05, 3.63) is 54.1 Å². The van der Waals surface area contributed by atoms with Gasteiger partial charge in [-0.3, -0.25) is 4.79 Å². The quantitative estimate of drug-likeness (QED) is 0.818. The van der Waals surface area contributed by atoms with E-state index in [1.807, 2.05) is 30.3 Å². The molecule has 4 nitrogen and oxygen atoms in total. The number of nitrogens with one attached hydrogen (secondary N) is 2. The van der Waals surface area contributed by atoms with Crippen molar-refractivity contribution in [3.63, 3.8) is 0 Å². The summed E-state index contributed by atoms with van der Waals surface area (Å²) in [6, 6.07) is 16.3. The van der Waals surface area contributed by atoms with E-state index in [2.05, 4.69) is 47.6 Å². The van der Waals surface area contributed by atoms with E-state index in [-0.39, 0.29) is 12.5 Å². The Hall–Kier alpha value is -2.49. The number of hydrogen-bond donors (Lipinski definition) is 2. The molecule has 2 aromatic carbocycles. The Morgan fingerprint density at radius 2 is 1.72 bits per heavy atom.